The van der Waals surface area contributed by atoms with Gasteiger partial charge in [-0.05, 0) is 162 Å². The molecular weight excluding hydrogens is 733 g/mol. The molecule has 0 amide bonds. The maximum Gasteiger partial charge on any atom is 0.342 e. The summed E-state index contributed by atoms with van der Waals surface area (Å²) in [4.78, 5) is 36.7. The number of carbonyl (C=O) groups excluding carboxylic acids is 2. The van der Waals surface area contributed by atoms with Crippen LogP contribution >= 0.6 is 0 Å². The summed E-state index contributed by atoms with van der Waals surface area (Å²) in [6.07, 6.45) is 14.5. The molecule has 0 saturated carbocycles. The fraction of sp³-hybridized carbons (Fsp3) is 0.500. The van der Waals surface area contributed by atoms with Crippen molar-refractivity contribution in [2.75, 3.05) is 40.0 Å². The van der Waals surface area contributed by atoms with Crippen LogP contribution in [0.4, 0.5) is 0 Å². The number of hydrogen-bond acceptors (Lipinski definition) is 10. The first-order valence-electron chi connectivity index (χ1n) is 21.2. The van der Waals surface area contributed by atoms with Crippen molar-refractivity contribution in [2.24, 2.45) is 15.4 Å². The first kappa shape index (κ1) is 45.6. The Kier molecular flexibility index (Phi) is 18.3. The summed E-state index contributed by atoms with van der Waals surface area (Å²) in [5, 5.41) is 22.7. The van der Waals surface area contributed by atoms with Crippen LogP contribution in [0.2, 0.25) is 0 Å². The quantitative estimate of drug-likeness (QED) is 0.0551. The number of rotatable bonds is 21. The molecule has 2 aromatic carbocycles. The molecule has 10 nitrogen and oxygen atoms in total. The van der Waals surface area contributed by atoms with Gasteiger partial charge in [0, 0.05) is 35.6 Å². The van der Waals surface area contributed by atoms with E-state index in [0.29, 0.717) is 55.2 Å². The number of esters is 2. The fourth-order valence-corrected chi connectivity index (χ4v) is 7.58. The Hall–Kier alpha value is -5.12. The van der Waals surface area contributed by atoms with Crippen molar-refractivity contribution in [3.8, 4) is 11.5 Å². The van der Waals surface area contributed by atoms with E-state index in [9.17, 15) is 19.8 Å². The molecule has 0 fully saturated rings. The molecule has 1 unspecified atom stereocenters. The van der Waals surface area contributed by atoms with Crippen molar-refractivity contribution in [1.29, 1.82) is 0 Å². The van der Waals surface area contributed by atoms with E-state index in [1.54, 1.807) is 69.5 Å². The van der Waals surface area contributed by atoms with Gasteiger partial charge in [-0.2, -0.15) is 0 Å². The zero-order chi connectivity index (χ0) is 41.9. The molecule has 2 aliphatic rings. The molecule has 314 valence electrons. The minimum absolute atomic E-state index is 0.00353. The number of aliphatic imine (C=N–C) groups is 2. The van der Waals surface area contributed by atoms with Gasteiger partial charge in [0.1, 0.15) is 34.2 Å². The Labute approximate surface area is 345 Å². The van der Waals surface area contributed by atoms with Crippen LogP contribution < -0.4 is 9.47 Å². The lowest BCUT2D eigenvalue weighted by Gasteiger charge is -2.32. The SMILES string of the molecule is CCCCC(CC)(CCCN=C1C=C(C(C(=O)OCC)=C(O)c2ccc(OC)cc2)CCC1)CN=C1C=C(C(C(=O)OCC)=C(O)c2ccc(OCC)cc2)CCC1. The number of carbonyl (C=O) groups is 2. The Morgan fingerprint density at radius 2 is 1.16 bits per heavy atom. The highest BCUT2D eigenvalue weighted by Gasteiger charge is 2.29. The smallest absolute Gasteiger partial charge is 0.342 e. The Morgan fingerprint density at radius 3 is 1.62 bits per heavy atom. The van der Waals surface area contributed by atoms with E-state index in [1.807, 2.05) is 19.1 Å². The van der Waals surface area contributed by atoms with Crippen molar-refractivity contribution < 1.29 is 38.7 Å². The molecule has 0 radical (unpaired) electrons. The number of nitrogens with zero attached hydrogens (tertiary/aromatic N) is 2. The Bertz CT molecular complexity index is 1870. The summed E-state index contributed by atoms with van der Waals surface area (Å²) in [6.45, 7) is 12.1. The van der Waals surface area contributed by atoms with E-state index in [4.69, 9.17) is 28.9 Å². The minimum atomic E-state index is -0.550. The average molecular weight is 797 g/mol. The lowest BCUT2D eigenvalue weighted by atomic mass is 9.76. The van der Waals surface area contributed by atoms with Crippen molar-refractivity contribution in [3.05, 3.63) is 94.1 Å². The molecule has 58 heavy (non-hydrogen) atoms. The van der Waals surface area contributed by atoms with E-state index in [0.717, 1.165) is 86.8 Å². The van der Waals surface area contributed by atoms with Crippen LogP contribution in [0.1, 0.15) is 123 Å². The predicted molar refractivity (Wildman–Crippen MR) is 233 cm³/mol. The standard InChI is InChI=1S/C48H64N2O8/c1-7-12-28-48(8-2,33-50-39-19-14-17-37(32-39)43(47(54)58-11-5)45(52)35-22-26-41(27-23-35)56-9-3)29-15-30-49-38-18-13-16-36(31-38)42(46(53)57-10-4)44(51)34-20-24-40(55-6)25-21-34/h20-27,31-32,51-52H,7-19,28-30,33H2,1-6H3. The molecule has 2 aromatic rings. The monoisotopic (exact) mass is 796 g/mol. The Morgan fingerprint density at radius 1 is 0.655 bits per heavy atom. The van der Waals surface area contributed by atoms with Gasteiger partial charge in [-0.25, -0.2) is 9.59 Å². The van der Waals surface area contributed by atoms with E-state index in [1.165, 1.54) is 0 Å². The number of aliphatic hydroxyl groups is 2. The van der Waals surface area contributed by atoms with Crippen LogP contribution in [-0.2, 0) is 19.1 Å². The molecular formula is C48H64N2O8. The van der Waals surface area contributed by atoms with Gasteiger partial charge < -0.3 is 29.2 Å². The number of unbranched alkanes of at least 4 members (excludes halogenated alkanes) is 1. The van der Waals surface area contributed by atoms with Crippen molar-refractivity contribution in [1.82, 2.24) is 0 Å². The summed E-state index contributed by atoms with van der Waals surface area (Å²) < 4.78 is 21.6. The summed E-state index contributed by atoms with van der Waals surface area (Å²) in [6, 6.07) is 14.0. The lowest BCUT2D eigenvalue weighted by molar-refractivity contribution is -0.139. The third-order valence-corrected chi connectivity index (χ3v) is 10.9. The number of benzene rings is 2. The third-order valence-electron chi connectivity index (χ3n) is 10.9. The zero-order valence-corrected chi connectivity index (χ0v) is 35.5. The van der Waals surface area contributed by atoms with Crippen molar-refractivity contribution >= 4 is 34.9 Å². The van der Waals surface area contributed by atoms with E-state index in [2.05, 4.69) is 13.8 Å². The average Bonchev–Trinajstić information content (AvgIpc) is 3.24. The molecule has 1 atom stereocenters. The van der Waals surface area contributed by atoms with Gasteiger partial charge in [-0.15, -0.1) is 0 Å². The van der Waals surface area contributed by atoms with Crippen LogP contribution in [0.5, 0.6) is 11.5 Å². The molecule has 0 bridgehead atoms. The highest BCUT2D eigenvalue weighted by Crippen LogP contribution is 2.37. The second-order valence-corrected chi connectivity index (χ2v) is 14.9. The fourth-order valence-electron chi connectivity index (χ4n) is 7.58. The highest BCUT2D eigenvalue weighted by atomic mass is 16.5. The summed E-state index contributed by atoms with van der Waals surface area (Å²) in [7, 11) is 1.58. The van der Waals surface area contributed by atoms with Gasteiger partial charge in [0.25, 0.3) is 0 Å². The number of methoxy groups -OCH3 is 1. The lowest BCUT2D eigenvalue weighted by Crippen LogP contribution is -2.25. The second-order valence-electron chi connectivity index (χ2n) is 14.9. The van der Waals surface area contributed by atoms with Gasteiger partial charge >= 0.3 is 11.9 Å². The molecule has 2 aliphatic carbocycles. The number of hydrogen-bond donors (Lipinski definition) is 2. The van der Waals surface area contributed by atoms with E-state index < -0.39 is 11.9 Å². The summed E-state index contributed by atoms with van der Waals surface area (Å²) >= 11 is 0. The van der Waals surface area contributed by atoms with E-state index >= 15 is 0 Å². The van der Waals surface area contributed by atoms with Crippen molar-refractivity contribution in [3.63, 3.8) is 0 Å². The Balaban J connectivity index is 1.54. The maximum atomic E-state index is 13.3. The second kappa shape index (κ2) is 23.3. The molecule has 2 N–H and O–H groups in total. The van der Waals surface area contributed by atoms with E-state index in [-0.39, 0.29) is 41.3 Å². The first-order valence-corrected chi connectivity index (χ1v) is 21.2. The normalized spacial score (nSPS) is 17.7. The largest absolute Gasteiger partial charge is 0.506 e. The third kappa shape index (κ3) is 12.7. The van der Waals surface area contributed by atoms with Gasteiger partial charge in [0.15, 0.2) is 0 Å². The van der Waals surface area contributed by atoms with Gasteiger partial charge in [-0.1, -0.05) is 26.7 Å². The van der Waals surface area contributed by atoms with Crippen LogP contribution in [0.3, 0.4) is 0 Å². The van der Waals surface area contributed by atoms with Crippen LogP contribution in [0, 0.1) is 5.41 Å². The number of aliphatic hydroxyl groups excluding tert-OH is 2. The topological polar surface area (TPSA) is 136 Å². The zero-order valence-electron chi connectivity index (χ0n) is 35.5. The number of allylic oxidation sites excluding steroid dienone is 2. The van der Waals surface area contributed by atoms with Gasteiger partial charge in [0.05, 0.1) is 26.9 Å². The molecule has 0 saturated heterocycles. The van der Waals surface area contributed by atoms with Gasteiger partial charge in [-0.3, -0.25) is 9.98 Å². The predicted octanol–water partition coefficient (Wildman–Crippen LogP) is 10.9. The maximum absolute atomic E-state index is 13.3. The van der Waals surface area contributed by atoms with Crippen LogP contribution in [0.15, 0.2) is 93.0 Å². The van der Waals surface area contributed by atoms with Crippen LogP contribution in [-0.4, -0.2) is 73.6 Å². The number of ether oxygens (including phenoxy) is 4. The minimum Gasteiger partial charge on any atom is -0.506 e. The molecule has 0 heterocycles. The summed E-state index contributed by atoms with van der Waals surface area (Å²) in [5.41, 5.74) is 4.71. The highest BCUT2D eigenvalue weighted by molar-refractivity contribution is 6.06. The van der Waals surface area contributed by atoms with Crippen molar-refractivity contribution in [2.45, 2.75) is 112 Å². The first-order chi connectivity index (χ1) is 28.1. The molecule has 0 aromatic heterocycles. The molecule has 4 rings (SSSR count). The summed E-state index contributed by atoms with van der Waals surface area (Å²) in [5.74, 6) is 0.0321. The molecule has 10 heteroatoms. The molecule has 0 spiro atoms. The molecule has 0 aliphatic heterocycles. The van der Waals surface area contributed by atoms with Crippen LogP contribution in [0.25, 0.3) is 11.5 Å². The van der Waals surface area contributed by atoms with Gasteiger partial charge in [0.2, 0.25) is 0 Å².